The third-order valence-corrected chi connectivity index (χ3v) is 7.57. The van der Waals surface area contributed by atoms with Crippen LogP contribution in [0.1, 0.15) is 37.4 Å². The minimum Gasteiger partial charge on any atom is -0.478 e. The number of amides is 1. The summed E-state index contributed by atoms with van der Waals surface area (Å²) < 4.78 is 15.4. The van der Waals surface area contributed by atoms with Crippen LogP contribution in [0.2, 0.25) is 0 Å². The number of carboxylic acid groups (broad SMARTS) is 1. The topological polar surface area (TPSA) is 95.1 Å². The highest BCUT2D eigenvalue weighted by atomic mass is 19.1. The molecule has 0 unspecified atom stereocenters. The average molecular weight is 580 g/mol. The Morgan fingerprint density at radius 1 is 0.773 bits per heavy atom. The number of aromatic carboxylic acids is 1. The molecule has 0 bridgehead atoms. The third kappa shape index (κ3) is 5.96. The van der Waals surface area contributed by atoms with Crippen LogP contribution in [0, 0.1) is 17.1 Å². The second-order valence-corrected chi connectivity index (χ2v) is 10.5. The molecule has 2 N–H and O–H groups in total. The number of halogens is 1. The summed E-state index contributed by atoms with van der Waals surface area (Å²) in [5.41, 5.74) is 7.30. The van der Waals surface area contributed by atoms with Crippen LogP contribution in [0.25, 0.3) is 33.2 Å². The predicted molar refractivity (Wildman–Crippen MR) is 168 cm³/mol. The molecule has 0 saturated carbocycles. The first-order chi connectivity index (χ1) is 21.4. The summed E-state index contributed by atoms with van der Waals surface area (Å²) in [6.07, 6.45) is 1.95. The van der Waals surface area contributed by atoms with Crippen LogP contribution in [-0.4, -0.2) is 21.6 Å². The maximum atomic E-state index is 13.7. The van der Waals surface area contributed by atoms with Crippen molar-refractivity contribution in [1.82, 2.24) is 9.88 Å². The van der Waals surface area contributed by atoms with Gasteiger partial charge in [0.1, 0.15) is 5.82 Å². The molecular weight excluding hydrogens is 553 g/mol. The Bertz CT molecular complexity index is 2040. The van der Waals surface area contributed by atoms with Gasteiger partial charge in [0.25, 0.3) is 5.91 Å². The van der Waals surface area contributed by atoms with Crippen molar-refractivity contribution in [2.24, 2.45) is 0 Å². The van der Waals surface area contributed by atoms with E-state index in [9.17, 15) is 24.3 Å². The van der Waals surface area contributed by atoms with E-state index in [4.69, 9.17) is 0 Å². The molecule has 0 aliphatic carbocycles. The van der Waals surface area contributed by atoms with Crippen molar-refractivity contribution in [3.63, 3.8) is 0 Å². The summed E-state index contributed by atoms with van der Waals surface area (Å²) in [6, 6.07) is 36.1. The molecule has 1 heterocycles. The first kappa shape index (κ1) is 28.1. The fourth-order valence-electron chi connectivity index (χ4n) is 5.27. The smallest absolute Gasteiger partial charge is 0.335 e. The molecule has 1 aromatic heterocycles. The fourth-order valence-corrected chi connectivity index (χ4v) is 5.27. The molecule has 44 heavy (non-hydrogen) atoms. The summed E-state index contributed by atoms with van der Waals surface area (Å²) in [5.74, 6) is -1.56. The van der Waals surface area contributed by atoms with Gasteiger partial charge in [-0.1, -0.05) is 60.7 Å². The zero-order valence-corrected chi connectivity index (χ0v) is 23.5. The Labute approximate surface area is 253 Å². The highest BCUT2D eigenvalue weighted by Crippen LogP contribution is 2.30. The van der Waals surface area contributed by atoms with Crippen LogP contribution in [0.5, 0.6) is 0 Å². The zero-order valence-electron chi connectivity index (χ0n) is 23.5. The molecule has 0 atom stereocenters. The molecule has 0 radical (unpaired) electrons. The van der Waals surface area contributed by atoms with E-state index >= 15 is 0 Å². The lowest BCUT2D eigenvalue weighted by Crippen LogP contribution is -2.23. The van der Waals surface area contributed by atoms with Gasteiger partial charge >= 0.3 is 5.97 Å². The number of hydrogen-bond acceptors (Lipinski definition) is 3. The van der Waals surface area contributed by atoms with Crippen LogP contribution >= 0.6 is 0 Å². The molecule has 0 saturated heterocycles. The zero-order chi connectivity index (χ0) is 30.6. The summed E-state index contributed by atoms with van der Waals surface area (Å²) >= 11 is 0. The molecule has 0 aliphatic heterocycles. The monoisotopic (exact) mass is 579 g/mol. The Balaban J connectivity index is 1.34. The Kier molecular flexibility index (Phi) is 7.73. The van der Waals surface area contributed by atoms with Gasteiger partial charge in [-0.25, -0.2) is 9.18 Å². The number of aromatic nitrogens is 1. The maximum absolute atomic E-state index is 13.7. The van der Waals surface area contributed by atoms with Crippen molar-refractivity contribution in [3.8, 4) is 28.3 Å². The van der Waals surface area contributed by atoms with E-state index in [-0.39, 0.29) is 23.8 Å². The van der Waals surface area contributed by atoms with Crippen LogP contribution in [0.3, 0.4) is 0 Å². The standard InChI is InChI=1S/C37H26FN3O3/c38-33-14-12-28(13-15-33)27-8-6-25(7-9-27)23-41-17-16-31-19-32(30-3-1-2-26(18-30)21-39)20-34(35(31)41)36(42)40-22-24-4-10-29(11-5-24)37(43)44/h1-20H,22-23H2,(H,40,42)(H,43,44). The van der Waals surface area contributed by atoms with Crippen LogP contribution in [-0.2, 0) is 13.1 Å². The molecule has 5 aromatic carbocycles. The van der Waals surface area contributed by atoms with Crippen molar-refractivity contribution < 1.29 is 19.1 Å². The van der Waals surface area contributed by atoms with Crippen molar-refractivity contribution in [2.75, 3.05) is 0 Å². The predicted octanol–water partition coefficient (Wildman–Crippen LogP) is 7.66. The molecule has 7 heteroatoms. The number of carboxylic acids is 1. The number of nitriles is 1. The minimum atomic E-state index is -1.01. The largest absolute Gasteiger partial charge is 0.478 e. The van der Waals surface area contributed by atoms with E-state index < -0.39 is 5.97 Å². The van der Waals surface area contributed by atoms with Gasteiger partial charge in [0, 0.05) is 24.7 Å². The quantitative estimate of drug-likeness (QED) is 0.194. The Morgan fingerprint density at radius 3 is 2.14 bits per heavy atom. The van der Waals surface area contributed by atoms with Crippen molar-refractivity contribution >= 4 is 22.8 Å². The summed E-state index contributed by atoms with van der Waals surface area (Å²) in [7, 11) is 0. The lowest BCUT2D eigenvalue weighted by Gasteiger charge is -2.14. The minimum absolute atomic E-state index is 0.178. The van der Waals surface area contributed by atoms with Gasteiger partial charge in [0.05, 0.1) is 28.3 Å². The molecule has 6 aromatic rings. The van der Waals surface area contributed by atoms with Crippen molar-refractivity contribution in [3.05, 3.63) is 155 Å². The third-order valence-electron chi connectivity index (χ3n) is 7.57. The van der Waals surface area contributed by atoms with Crippen molar-refractivity contribution in [2.45, 2.75) is 13.1 Å². The SMILES string of the molecule is N#Cc1cccc(-c2cc(C(=O)NCc3ccc(C(=O)O)cc3)c3c(ccn3Cc3ccc(-c4ccc(F)cc4)cc3)c2)c1. The van der Waals surface area contributed by atoms with Gasteiger partial charge in [0.2, 0.25) is 0 Å². The number of nitrogens with zero attached hydrogens (tertiary/aromatic N) is 2. The number of rotatable bonds is 8. The number of carbonyl (C=O) groups is 2. The van der Waals surface area contributed by atoms with Gasteiger partial charge in [-0.05, 0) is 88.0 Å². The average Bonchev–Trinajstić information content (AvgIpc) is 3.46. The molecule has 0 fully saturated rings. The fraction of sp³-hybridized carbons (Fsp3) is 0.0541. The van der Waals surface area contributed by atoms with E-state index in [0.717, 1.165) is 44.3 Å². The van der Waals surface area contributed by atoms with E-state index in [2.05, 4.69) is 11.4 Å². The molecule has 6 rings (SSSR count). The number of benzene rings is 5. The van der Waals surface area contributed by atoms with E-state index in [1.54, 1.807) is 36.4 Å². The second kappa shape index (κ2) is 12.1. The van der Waals surface area contributed by atoms with Crippen LogP contribution in [0.15, 0.2) is 121 Å². The number of hydrogen-bond donors (Lipinski definition) is 2. The number of carbonyl (C=O) groups excluding carboxylic acids is 1. The first-order valence-electron chi connectivity index (χ1n) is 14.0. The molecule has 1 amide bonds. The van der Waals surface area contributed by atoms with Gasteiger partial charge < -0.3 is 15.0 Å². The number of nitrogens with one attached hydrogen (secondary N) is 1. The second-order valence-electron chi connectivity index (χ2n) is 10.5. The molecule has 0 spiro atoms. The van der Waals surface area contributed by atoms with Crippen LogP contribution < -0.4 is 5.32 Å². The summed E-state index contributed by atoms with van der Waals surface area (Å²) in [5, 5.41) is 22.5. The van der Waals surface area contributed by atoms with E-state index in [0.29, 0.717) is 17.7 Å². The normalized spacial score (nSPS) is 10.8. The highest BCUT2D eigenvalue weighted by Gasteiger charge is 2.17. The van der Waals surface area contributed by atoms with Gasteiger partial charge in [-0.15, -0.1) is 0 Å². The van der Waals surface area contributed by atoms with Gasteiger partial charge in [-0.2, -0.15) is 5.26 Å². The molecule has 6 nitrogen and oxygen atoms in total. The Hall–Kier alpha value is -6.00. The van der Waals surface area contributed by atoms with Crippen molar-refractivity contribution in [1.29, 1.82) is 5.26 Å². The first-order valence-corrected chi connectivity index (χ1v) is 14.0. The molecular formula is C37H26FN3O3. The molecule has 214 valence electrons. The summed E-state index contributed by atoms with van der Waals surface area (Å²) in [4.78, 5) is 24.9. The lowest BCUT2D eigenvalue weighted by molar-refractivity contribution is 0.0696. The van der Waals surface area contributed by atoms with Crippen LogP contribution in [0.4, 0.5) is 4.39 Å². The maximum Gasteiger partial charge on any atom is 0.335 e. The number of fused-ring (bicyclic) bond motifs is 1. The highest BCUT2D eigenvalue weighted by molar-refractivity contribution is 6.08. The van der Waals surface area contributed by atoms with Gasteiger partial charge in [0.15, 0.2) is 0 Å². The molecule has 0 aliphatic rings. The van der Waals surface area contributed by atoms with Gasteiger partial charge in [-0.3, -0.25) is 4.79 Å². The van der Waals surface area contributed by atoms with E-state index in [1.165, 1.54) is 24.3 Å². The Morgan fingerprint density at radius 2 is 1.45 bits per heavy atom. The lowest BCUT2D eigenvalue weighted by atomic mass is 9.98. The van der Waals surface area contributed by atoms with E-state index in [1.807, 2.05) is 65.4 Å². The summed E-state index contributed by atoms with van der Waals surface area (Å²) in [6.45, 7) is 0.743.